The summed E-state index contributed by atoms with van der Waals surface area (Å²) in [5.74, 6) is -2.67. The number of halogens is 3. The van der Waals surface area contributed by atoms with E-state index in [1.54, 1.807) is 48.5 Å². The van der Waals surface area contributed by atoms with Crippen LogP contribution in [-0.4, -0.2) is 67.0 Å². The van der Waals surface area contributed by atoms with Gasteiger partial charge in [0, 0.05) is 5.69 Å². The van der Waals surface area contributed by atoms with E-state index in [1.165, 1.54) is 7.11 Å². The van der Waals surface area contributed by atoms with E-state index >= 15 is 0 Å². The number of methoxy groups -OCH3 is 1. The van der Waals surface area contributed by atoms with Crippen molar-refractivity contribution < 1.29 is 46.4 Å². The van der Waals surface area contributed by atoms with Gasteiger partial charge in [0.15, 0.2) is 0 Å². The van der Waals surface area contributed by atoms with Gasteiger partial charge in [-0.05, 0) is 46.5 Å². The number of piperidine rings is 1. The molecule has 56 heavy (non-hydrogen) atoms. The number of ether oxygens (including phenoxy) is 5. The predicted octanol–water partition coefficient (Wildman–Crippen LogP) is 7.75. The molecule has 9 nitrogen and oxygen atoms in total. The summed E-state index contributed by atoms with van der Waals surface area (Å²) in [4.78, 5) is 29.0. The zero-order valence-corrected chi connectivity index (χ0v) is 30.7. The molecule has 1 aliphatic heterocycles. The fraction of sp³-hybridized carbons (Fsp3) is 0.273. The highest BCUT2D eigenvalue weighted by atomic mass is 19.4. The average molecular weight is 769 g/mol. The molecular formula is C44H43F3N2O7. The minimum Gasteiger partial charge on any atom is -0.497 e. The van der Waals surface area contributed by atoms with Crippen LogP contribution in [0.4, 0.5) is 18.9 Å². The second-order valence-corrected chi connectivity index (χ2v) is 13.2. The summed E-state index contributed by atoms with van der Waals surface area (Å²) in [7, 11) is 1.48. The summed E-state index contributed by atoms with van der Waals surface area (Å²) in [5, 5.41) is 2.72. The third kappa shape index (κ3) is 10.6. The number of carbonyl (C=O) groups excluding carboxylic acids is 2. The maximum atomic E-state index is 14.9. The van der Waals surface area contributed by atoms with Crippen molar-refractivity contribution in [1.29, 1.82) is 0 Å². The molecule has 0 radical (unpaired) electrons. The molecule has 0 unspecified atom stereocenters. The number of rotatable bonds is 16. The minimum absolute atomic E-state index is 0.000467. The number of anilines is 1. The van der Waals surface area contributed by atoms with E-state index in [1.807, 2.05) is 97.1 Å². The van der Waals surface area contributed by atoms with Crippen LogP contribution < -0.4 is 10.1 Å². The Labute approximate surface area is 323 Å². The Morgan fingerprint density at radius 1 is 0.589 bits per heavy atom. The van der Waals surface area contributed by atoms with Crippen LogP contribution in [0.3, 0.4) is 0 Å². The lowest BCUT2D eigenvalue weighted by molar-refractivity contribution is -0.240. The van der Waals surface area contributed by atoms with Crippen molar-refractivity contribution in [2.45, 2.75) is 63.0 Å². The van der Waals surface area contributed by atoms with Gasteiger partial charge in [-0.25, -0.2) is 0 Å². The van der Waals surface area contributed by atoms with Crippen LogP contribution in [0, 0.1) is 0 Å². The van der Waals surface area contributed by atoms with Gasteiger partial charge in [0.2, 0.25) is 5.91 Å². The summed E-state index contributed by atoms with van der Waals surface area (Å²) in [5.41, 5.74) is 3.20. The van der Waals surface area contributed by atoms with Crippen LogP contribution in [-0.2, 0) is 55.0 Å². The van der Waals surface area contributed by atoms with E-state index in [4.69, 9.17) is 23.7 Å². The second-order valence-electron chi connectivity index (χ2n) is 13.2. The Kier molecular flexibility index (Phi) is 13.9. The zero-order chi connectivity index (χ0) is 39.3. The van der Waals surface area contributed by atoms with Gasteiger partial charge in [0.05, 0.1) is 46.2 Å². The Hall–Kier alpha value is -5.53. The number of likely N-dealkylation sites (tertiary alicyclic amines) is 1. The smallest absolute Gasteiger partial charge is 0.471 e. The number of nitrogens with one attached hydrogen (secondary N) is 1. The third-order valence-corrected chi connectivity index (χ3v) is 9.35. The molecule has 1 saturated heterocycles. The first kappa shape index (κ1) is 40.1. The topological polar surface area (TPSA) is 95.6 Å². The van der Waals surface area contributed by atoms with Crippen molar-refractivity contribution >= 4 is 17.5 Å². The maximum Gasteiger partial charge on any atom is 0.471 e. The summed E-state index contributed by atoms with van der Waals surface area (Å²) in [6.45, 7) is -0.576. The predicted molar refractivity (Wildman–Crippen MR) is 203 cm³/mol. The van der Waals surface area contributed by atoms with Crippen molar-refractivity contribution in [3.63, 3.8) is 0 Å². The molecular weight excluding hydrogens is 725 g/mol. The highest BCUT2D eigenvalue weighted by molar-refractivity contribution is 5.99. The van der Waals surface area contributed by atoms with E-state index in [0.29, 0.717) is 16.2 Å². The van der Waals surface area contributed by atoms with Gasteiger partial charge >= 0.3 is 12.1 Å². The van der Waals surface area contributed by atoms with Gasteiger partial charge in [0.25, 0.3) is 0 Å². The number of carbonyl (C=O) groups is 2. The normalized spacial score (nSPS) is 19.6. The zero-order valence-electron chi connectivity index (χ0n) is 30.7. The Bertz CT molecular complexity index is 1950. The fourth-order valence-electron chi connectivity index (χ4n) is 6.63. The second kappa shape index (κ2) is 19.4. The number of alkyl halides is 3. The lowest BCUT2D eigenvalue weighted by Crippen LogP contribution is -2.73. The molecule has 1 heterocycles. The lowest BCUT2D eigenvalue weighted by atomic mass is 9.86. The molecule has 5 atom stereocenters. The number of benzene rings is 5. The summed E-state index contributed by atoms with van der Waals surface area (Å²) in [6, 6.07) is 39.3. The highest BCUT2D eigenvalue weighted by Gasteiger charge is 2.60. The monoisotopic (exact) mass is 768 g/mol. The fourth-order valence-corrected chi connectivity index (χ4v) is 6.63. The van der Waals surface area contributed by atoms with Gasteiger partial charge in [-0.3, -0.25) is 9.59 Å². The van der Waals surface area contributed by atoms with Crippen molar-refractivity contribution in [3.05, 3.63) is 168 Å². The van der Waals surface area contributed by atoms with Crippen LogP contribution in [0.5, 0.6) is 5.75 Å². The summed E-state index contributed by atoms with van der Waals surface area (Å²) >= 11 is 0. The summed E-state index contributed by atoms with van der Waals surface area (Å²) < 4.78 is 75.6. The quantitative estimate of drug-likeness (QED) is 0.110. The Morgan fingerprint density at radius 2 is 1.02 bits per heavy atom. The molecule has 12 heteroatoms. The standard InChI is InChI=1S/C44H43F3N2O7/c1-52-36-24-22-35(23-25-36)48-42(50)38-40(55-28-33-18-10-4-11-19-33)41(56-29-34-20-12-5-13-21-34)39(54-27-32-16-8-3-9-17-32)37(49(38)43(51)44(45,46)47)30-53-26-31-14-6-2-7-15-31/h2-25,37-41H,26-30H2,1H3,(H,48,50)/t37-,38+,39-,40+,41+/m1/s1. The van der Waals surface area contributed by atoms with Gasteiger partial charge < -0.3 is 33.9 Å². The molecule has 1 aliphatic rings. The Balaban J connectivity index is 1.47. The molecule has 5 aromatic rings. The molecule has 5 aromatic carbocycles. The first-order valence-corrected chi connectivity index (χ1v) is 18.1. The first-order chi connectivity index (χ1) is 27.2. The maximum absolute atomic E-state index is 14.9. The number of nitrogens with zero attached hydrogens (tertiary/aromatic N) is 1. The number of hydrogen-bond acceptors (Lipinski definition) is 7. The highest BCUT2D eigenvalue weighted by Crippen LogP contribution is 2.37. The van der Waals surface area contributed by atoms with E-state index in [0.717, 1.165) is 16.7 Å². The average Bonchev–Trinajstić information content (AvgIpc) is 3.22. The first-order valence-electron chi connectivity index (χ1n) is 18.1. The summed E-state index contributed by atoms with van der Waals surface area (Å²) in [6.07, 6.45) is -9.31. The van der Waals surface area contributed by atoms with Gasteiger partial charge in [-0.1, -0.05) is 121 Å². The van der Waals surface area contributed by atoms with Crippen LogP contribution in [0.25, 0.3) is 0 Å². The van der Waals surface area contributed by atoms with Gasteiger partial charge in [0.1, 0.15) is 30.1 Å². The van der Waals surface area contributed by atoms with Crippen molar-refractivity contribution in [3.8, 4) is 5.75 Å². The van der Waals surface area contributed by atoms with Crippen molar-refractivity contribution in [2.24, 2.45) is 0 Å². The van der Waals surface area contributed by atoms with Crippen LogP contribution >= 0.6 is 0 Å². The van der Waals surface area contributed by atoms with E-state index in [-0.39, 0.29) is 32.1 Å². The number of amides is 2. The molecule has 0 aromatic heterocycles. The van der Waals surface area contributed by atoms with Crippen molar-refractivity contribution in [1.82, 2.24) is 4.90 Å². The molecule has 0 bridgehead atoms. The molecule has 2 amide bonds. The lowest BCUT2D eigenvalue weighted by Gasteiger charge is -2.52. The van der Waals surface area contributed by atoms with E-state index in [9.17, 15) is 22.8 Å². The van der Waals surface area contributed by atoms with Gasteiger partial charge in [-0.15, -0.1) is 0 Å². The van der Waals surface area contributed by atoms with E-state index in [2.05, 4.69) is 5.32 Å². The van der Waals surface area contributed by atoms with Crippen molar-refractivity contribution in [2.75, 3.05) is 19.0 Å². The Morgan fingerprint density at radius 3 is 1.46 bits per heavy atom. The van der Waals surface area contributed by atoms with Crippen LogP contribution in [0.15, 0.2) is 146 Å². The molecule has 1 fully saturated rings. The van der Waals surface area contributed by atoms with Crippen LogP contribution in [0.1, 0.15) is 22.3 Å². The van der Waals surface area contributed by atoms with Gasteiger partial charge in [-0.2, -0.15) is 13.2 Å². The number of hydrogen-bond donors (Lipinski definition) is 1. The third-order valence-electron chi connectivity index (χ3n) is 9.35. The largest absolute Gasteiger partial charge is 0.497 e. The molecule has 292 valence electrons. The molecule has 1 N–H and O–H groups in total. The minimum atomic E-state index is -5.39. The van der Waals surface area contributed by atoms with E-state index < -0.39 is 55.0 Å². The molecule has 6 rings (SSSR count). The van der Waals surface area contributed by atoms with Crippen LogP contribution in [0.2, 0.25) is 0 Å². The molecule has 0 spiro atoms. The molecule has 0 saturated carbocycles. The molecule has 0 aliphatic carbocycles. The SMILES string of the molecule is COc1ccc(NC(=O)[C@@H]2[C@H](OCc3ccccc3)[C@@H](OCc3ccccc3)[C@H](OCc3ccccc3)[C@@H](COCc3ccccc3)N2C(=O)C(F)(F)F)cc1.